The van der Waals surface area contributed by atoms with Gasteiger partial charge in [0.2, 0.25) is 0 Å². The summed E-state index contributed by atoms with van der Waals surface area (Å²) in [5.41, 5.74) is 2.15. The van der Waals surface area contributed by atoms with Crippen molar-refractivity contribution in [3.63, 3.8) is 0 Å². The summed E-state index contributed by atoms with van der Waals surface area (Å²) in [7, 11) is 0. The number of benzene rings is 2. The van der Waals surface area contributed by atoms with Crippen molar-refractivity contribution in [1.29, 1.82) is 0 Å². The van der Waals surface area contributed by atoms with Crippen LogP contribution in [0, 0.1) is 13.8 Å². The Morgan fingerprint density at radius 1 is 0.719 bits per heavy atom. The van der Waals surface area contributed by atoms with Crippen LogP contribution < -0.4 is 20.1 Å². The minimum Gasteiger partial charge on any atom is -0.491 e. The first-order valence-corrected chi connectivity index (χ1v) is 11.7. The molecule has 0 saturated heterocycles. The van der Waals surface area contributed by atoms with Gasteiger partial charge in [0.05, 0.1) is 0 Å². The van der Waals surface area contributed by atoms with Gasteiger partial charge in [0, 0.05) is 25.2 Å². The largest absolute Gasteiger partial charge is 0.491 e. The van der Waals surface area contributed by atoms with Gasteiger partial charge in [-0.1, -0.05) is 36.4 Å². The lowest BCUT2D eigenvalue weighted by Gasteiger charge is -2.31. The summed E-state index contributed by atoms with van der Waals surface area (Å²) >= 11 is 0. The molecule has 6 heteroatoms. The first-order valence-electron chi connectivity index (χ1n) is 11.7. The van der Waals surface area contributed by atoms with E-state index in [0.29, 0.717) is 25.2 Å². The molecular formula is C26H38N2O4. The van der Waals surface area contributed by atoms with Crippen LogP contribution in [-0.4, -0.2) is 60.8 Å². The number of para-hydroxylation sites is 2. The van der Waals surface area contributed by atoms with Crippen LogP contribution in [0.15, 0.2) is 48.5 Å². The minimum atomic E-state index is -0.533. The van der Waals surface area contributed by atoms with Crippen LogP contribution in [0.25, 0.3) is 0 Å². The van der Waals surface area contributed by atoms with E-state index in [1.807, 2.05) is 62.4 Å². The number of aryl methyl sites for hydroxylation is 2. The number of rotatable bonds is 12. The first kappa shape index (κ1) is 24.5. The predicted molar refractivity (Wildman–Crippen MR) is 127 cm³/mol. The molecule has 0 aliphatic heterocycles. The quantitative estimate of drug-likeness (QED) is 0.405. The highest BCUT2D eigenvalue weighted by Crippen LogP contribution is 2.20. The number of aliphatic hydroxyl groups is 2. The molecule has 0 heterocycles. The van der Waals surface area contributed by atoms with Gasteiger partial charge >= 0.3 is 0 Å². The third-order valence-electron chi connectivity index (χ3n) is 6.06. The molecule has 2 aromatic rings. The zero-order valence-corrected chi connectivity index (χ0v) is 19.3. The molecular weight excluding hydrogens is 404 g/mol. The molecule has 2 atom stereocenters. The fourth-order valence-electron chi connectivity index (χ4n) is 4.03. The van der Waals surface area contributed by atoms with E-state index in [9.17, 15) is 10.2 Å². The molecule has 0 bridgehead atoms. The van der Waals surface area contributed by atoms with E-state index in [-0.39, 0.29) is 13.2 Å². The predicted octanol–water partition coefficient (Wildman–Crippen LogP) is 2.97. The van der Waals surface area contributed by atoms with Gasteiger partial charge in [0.25, 0.3) is 0 Å². The van der Waals surface area contributed by atoms with Gasteiger partial charge in [-0.15, -0.1) is 0 Å². The molecule has 3 rings (SSSR count). The molecule has 0 amide bonds. The molecule has 0 aromatic heterocycles. The SMILES string of the molecule is Cc1ccccc1OC[C@@H](O)CNC1CCC(NC[C@H](O)COc2ccccc2C)CC1. The van der Waals surface area contributed by atoms with Gasteiger partial charge < -0.3 is 30.3 Å². The van der Waals surface area contributed by atoms with Gasteiger partial charge in [-0.3, -0.25) is 0 Å². The van der Waals surface area contributed by atoms with E-state index < -0.39 is 12.2 Å². The average molecular weight is 443 g/mol. The summed E-state index contributed by atoms with van der Waals surface area (Å²) < 4.78 is 11.5. The van der Waals surface area contributed by atoms with E-state index in [1.54, 1.807) is 0 Å². The number of hydrogen-bond acceptors (Lipinski definition) is 6. The van der Waals surface area contributed by atoms with Gasteiger partial charge in [0.15, 0.2) is 0 Å². The van der Waals surface area contributed by atoms with Crippen LogP contribution in [0.2, 0.25) is 0 Å². The summed E-state index contributed by atoms with van der Waals surface area (Å²) in [6, 6.07) is 16.5. The van der Waals surface area contributed by atoms with Crippen molar-refractivity contribution in [1.82, 2.24) is 10.6 Å². The van der Waals surface area contributed by atoms with Crippen LogP contribution in [0.4, 0.5) is 0 Å². The summed E-state index contributed by atoms with van der Waals surface area (Å²) in [6.45, 7) is 5.65. The summed E-state index contributed by atoms with van der Waals surface area (Å²) in [4.78, 5) is 0. The fourth-order valence-corrected chi connectivity index (χ4v) is 4.03. The molecule has 0 radical (unpaired) electrons. The average Bonchev–Trinajstić information content (AvgIpc) is 2.81. The van der Waals surface area contributed by atoms with Crippen LogP contribution in [0.3, 0.4) is 0 Å². The maximum atomic E-state index is 10.2. The van der Waals surface area contributed by atoms with E-state index in [2.05, 4.69) is 10.6 Å². The lowest BCUT2D eigenvalue weighted by atomic mass is 9.91. The fraction of sp³-hybridized carbons (Fsp3) is 0.538. The Hall–Kier alpha value is -2.12. The molecule has 176 valence electrons. The summed E-state index contributed by atoms with van der Waals surface area (Å²) in [5.74, 6) is 1.65. The molecule has 1 aliphatic rings. The van der Waals surface area contributed by atoms with Crippen molar-refractivity contribution >= 4 is 0 Å². The number of hydrogen-bond donors (Lipinski definition) is 4. The highest BCUT2D eigenvalue weighted by atomic mass is 16.5. The maximum absolute atomic E-state index is 10.2. The molecule has 1 fully saturated rings. The highest BCUT2D eigenvalue weighted by molar-refractivity contribution is 5.32. The third kappa shape index (κ3) is 8.10. The number of aliphatic hydroxyl groups excluding tert-OH is 2. The van der Waals surface area contributed by atoms with Crippen LogP contribution in [-0.2, 0) is 0 Å². The van der Waals surface area contributed by atoms with Crippen molar-refractivity contribution in [2.45, 2.75) is 63.8 Å². The van der Waals surface area contributed by atoms with Crippen LogP contribution in [0.1, 0.15) is 36.8 Å². The second-order valence-corrected chi connectivity index (χ2v) is 8.83. The van der Waals surface area contributed by atoms with Gasteiger partial charge in [-0.25, -0.2) is 0 Å². The molecule has 4 N–H and O–H groups in total. The Morgan fingerprint density at radius 3 is 1.47 bits per heavy atom. The van der Waals surface area contributed by atoms with Crippen LogP contribution >= 0.6 is 0 Å². The van der Waals surface area contributed by atoms with Crippen molar-refractivity contribution in [2.75, 3.05) is 26.3 Å². The first-order chi connectivity index (χ1) is 15.5. The van der Waals surface area contributed by atoms with Gasteiger partial charge in [-0.2, -0.15) is 0 Å². The Labute approximate surface area is 192 Å². The second kappa shape index (κ2) is 12.8. The van der Waals surface area contributed by atoms with Gasteiger partial charge in [-0.05, 0) is 62.8 Å². The molecule has 32 heavy (non-hydrogen) atoms. The molecule has 6 nitrogen and oxygen atoms in total. The maximum Gasteiger partial charge on any atom is 0.122 e. The summed E-state index contributed by atoms with van der Waals surface area (Å²) in [5, 5.41) is 27.4. The Balaban J connectivity index is 1.25. The minimum absolute atomic E-state index is 0.289. The van der Waals surface area contributed by atoms with Crippen LogP contribution in [0.5, 0.6) is 11.5 Å². The lowest BCUT2D eigenvalue weighted by molar-refractivity contribution is 0.0962. The zero-order chi connectivity index (χ0) is 22.8. The third-order valence-corrected chi connectivity index (χ3v) is 6.06. The highest BCUT2D eigenvalue weighted by Gasteiger charge is 2.22. The number of nitrogens with one attached hydrogen (secondary N) is 2. The van der Waals surface area contributed by atoms with Crippen molar-refractivity contribution < 1.29 is 19.7 Å². The van der Waals surface area contributed by atoms with E-state index >= 15 is 0 Å². The smallest absolute Gasteiger partial charge is 0.122 e. The topological polar surface area (TPSA) is 83.0 Å². The normalized spacial score (nSPS) is 20.5. The molecule has 1 saturated carbocycles. The lowest BCUT2D eigenvalue weighted by Crippen LogP contribution is -2.45. The Bertz CT molecular complexity index is 740. The molecule has 0 spiro atoms. The standard InChI is InChI=1S/C26H38N2O4/c1-19-7-3-5-9-25(19)31-17-23(29)15-27-21-11-13-22(14-12-21)28-16-24(30)18-32-26-10-6-4-8-20(26)2/h3-10,21-24,27-30H,11-18H2,1-2H3/t21?,22?,23-,24-/m0/s1. The monoisotopic (exact) mass is 442 g/mol. The van der Waals surface area contributed by atoms with E-state index in [4.69, 9.17) is 9.47 Å². The van der Waals surface area contributed by atoms with Gasteiger partial charge in [0.1, 0.15) is 36.9 Å². The Kier molecular flexibility index (Phi) is 9.81. The van der Waals surface area contributed by atoms with Crippen molar-refractivity contribution in [2.24, 2.45) is 0 Å². The Morgan fingerprint density at radius 2 is 1.09 bits per heavy atom. The second-order valence-electron chi connectivity index (χ2n) is 8.83. The molecule has 0 unspecified atom stereocenters. The van der Waals surface area contributed by atoms with E-state index in [1.165, 1.54) is 0 Å². The number of ether oxygens (including phenoxy) is 2. The summed E-state index contributed by atoms with van der Waals surface area (Å²) in [6.07, 6.45) is 3.15. The zero-order valence-electron chi connectivity index (χ0n) is 19.3. The van der Waals surface area contributed by atoms with Crippen molar-refractivity contribution in [3.05, 3.63) is 59.7 Å². The molecule has 1 aliphatic carbocycles. The molecule has 2 aromatic carbocycles. The van der Waals surface area contributed by atoms with Crippen molar-refractivity contribution in [3.8, 4) is 11.5 Å². The van der Waals surface area contributed by atoms with E-state index in [0.717, 1.165) is 48.3 Å².